The standard InChI is InChI=1S/C21H20FN3O4S2/c22-17-5-3-15(4-6-17)20-24-18(14-30-20)13-29-21(26)16-7-10-25(11-8-16)31(27,28)19-2-1-9-23-12-19/h1-6,9,12,14,16H,7-8,10-11,13H2. The van der Waals surface area contributed by atoms with E-state index >= 15 is 0 Å². The number of carbonyl (C=O) groups is 1. The van der Waals surface area contributed by atoms with Gasteiger partial charge in [0.15, 0.2) is 0 Å². The molecule has 1 fully saturated rings. The summed E-state index contributed by atoms with van der Waals surface area (Å²) in [6, 6.07) is 9.14. The van der Waals surface area contributed by atoms with Gasteiger partial charge in [-0.1, -0.05) is 0 Å². The number of pyridine rings is 1. The third kappa shape index (κ3) is 4.97. The van der Waals surface area contributed by atoms with Crippen molar-refractivity contribution in [3.8, 4) is 10.6 Å². The Morgan fingerprint density at radius 1 is 1.19 bits per heavy atom. The van der Waals surface area contributed by atoms with Crippen molar-refractivity contribution < 1.29 is 22.3 Å². The smallest absolute Gasteiger partial charge is 0.309 e. The van der Waals surface area contributed by atoms with Crippen molar-refractivity contribution in [1.82, 2.24) is 14.3 Å². The summed E-state index contributed by atoms with van der Waals surface area (Å²) in [4.78, 5) is 20.9. The minimum Gasteiger partial charge on any atom is -0.459 e. The average Bonchev–Trinajstić information content (AvgIpc) is 3.28. The Hall–Kier alpha value is -2.69. The van der Waals surface area contributed by atoms with Gasteiger partial charge < -0.3 is 4.74 Å². The van der Waals surface area contributed by atoms with Gasteiger partial charge in [0, 0.05) is 36.4 Å². The molecule has 3 aromatic rings. The fourth-order valence-corrected chi connectivity index (χ4v) is 5.59. The molecule has 7 nitrogen and oxygen atoms in total. The molecule has 0 amide bonds. The topological polar surface area (TPSA) is 89.5 Å². The molecule has 1 saturated heterocycles. The average molecular weight is 462 g/mol. The van der Waals surface area contributed by atoms with Crippen molar-refractivity contribution in [3.05, 3.63) is 65.7 Å². The summed E-state index contributed by atoms with van der Waals surface area (Å²) in [6.45, 7) is 0.551. The molecule has 1 aliphatic heterocycles. The Balaban J connectivity index is 1.29. The van der Waals surface area contributed by atoms with Crippen molar-refractivity contribution >= 4 is 27.3 Å². The van der Waals surface area contributed by atoms with E-state index in [0.29, 0.717) is 18.5 Å². The first-order chi connectivity index (χ1) is 14.9. The first-order valence-electron chi connectivity index (χ1n) is 9.70. The molecule has 1 aliphatic rings. The first-order valence-corrected chi connectivity index (χ1v) is 12.0. The van der Waals surface area contributed by atoms with Crippen LogP contribution >= 0.6 is 11.3 Å². The first kappa shape index (κ1) is 21.5. The second kappa shape index (κ2) is 9.21. The van der Waals surface area contributed by atoms with Crippen LogP contribution in [0.15, 0.2) is 59.1 Å². The summed E-state index contributed by atoms with van der Waals surface area (Å²) >= 11 is 1.39. The third-order valence-corrected chi connectivity index (χ3v) is 7.89. The predicted molar refractivity (Wildman–Crippen MR) is 113 cm³/mol. The molecule has 1 aromatic carbocycles. The molecule has 0 saturated carbocycles. The zero-order valence-corrected chi connectivity index (χ0v) is 18.1. The van der Waals surface area contributed by atoms with Crippen LogP contribution in [0, 0.1) is 11.7 Å². The number of halogens is 1. The number of thiazole rings is 1. The Bertz CT molecular complexity index is 1140. The van der Waals surface area contributed by atoms with Crippen molar-refractivity contribution in [2.45, 2.75) is 24.3 Å². The summed E-state index contributed by atoms with van der Waals surface area (Å²) in [5.41, 5.74) is 1.42. The zero-order valence-electron chi connectivity index (χ0n) is 16.5. The number of esters is 1. The molecule has 2 aromatic heterocycles. The molecule has 0 radical (unpaired) electrons. The van der Waals surface area contributed by atoms with Gasteiger partial charge in [-0.25, -0.2) is 17.8 Å². The minimum absolute atomic E-state index is 0.0464. The highest BCUT2D eigenvalue weighted by atomic mass is 32.2. The van der Waals surface area contributed by atoms with Gasteiger partial charge in [-0.15, -0.1) is 11.3 Å². The number of aromatic nitrogens is 2. The highest BCUT2D eigenvalue weighted by Gasteiger charge is 2.33. The molecule has 0 unspecified atom stereocenters. The lowest BCUT2D eigenvalue weighted by molar-refractivity contribution is -0.151. The molecular weight excluding hydrogens is 441 g/mol. The fraction of sp³-hybridized carbons (Fsp3) is 0.286. The van der Waals surface area contributed by atoms with E-state index in [-0.39, 0.29) is 42.3 Å². The van der Waals surface area contributed by atoms with Crippen LogP contribution in [0.5, 0.6) is 0 Å². The van der Waals surface area contributed by atoms with Crippen LogP contribution in [-0.2, 0) is 26.2 Å². The number of rotatable bonds is 6. The quantitative estimate of drug-likeness (QED) is 0.522. The van der Waals surface area contributed by atoms with Crippen LogP contribution in [0.3, 0.4) is 0 Å². The monoisotopic (exact) mass is 461 g/mol. The number of hydrogen-bond acceptors (Lipinski definition) is 7. The van der Waals surface area contributed by atoms with Gasteiger partial charge in [0.2, 0.25) is 10.0 Å². The zero-order chi connectivity index (χ0) is 21.8. The lowest BCUT2D eigenvalue weighted by atomic mass is 9.98. The largest absolute Gasteiger partial charge is 0.459 e. The molecule has 4 rings (SSSR count). The van der Waals surface area contributed by atoms with Gasteiger partial charge in [-0.05, 0) is 49.2 Å². The van der Waals surface area contributed by atoms with E-state index in [4.69, 9.17) is 4.74 Å². The second-order valence-corrected chi connectivity index (χ2v) is 9.92. The molecule has 0 atom stereocenters. The number of nitrogens with zero attached hydrogens (tertiary/aromatic N) is 3. The molecule has 0 N–H and O–H groups in total. The van der Waals surface area contributed by atoms with Crippen LogP contribution in [-0.4, -0.2) is 41.7 Å². The number of piperidine rings is 1. The molecule has 162 valence electrons. The highest BCUT2D eigenvalue weighted by Crippen LogP contribution is 2.26. The number of ether oxygens (including phenoxy) is 1. The van der Waals surface area contributed by atoms with E-state index in [1.54, 1.807) is 23.6 Å². The maximum absolute atomic E-state index is 13.1. The molecular formula is C21H20FN3O4S2. The minimum atomic E-state index is -3.61. The van der Waals surface area contributed by atoms with Crippen LogP contribution < -0.4 is 0 Å². The van der Waals surface area contributed by atoms with E-state index < -0.39 is 10.0 Å². The molecule has 0 spiro atoms. The van der Waals surface area contributed by atoms with Gasteiger partial charge in [-0.2, -0.15) is 4.31 Å². The molecule has 31 heavy (non-hydrogen) atoms. The van der Waals surface area contributed by atoms with Crippen LogP contribution in [0.1, 0.15) is 18.5 Å². The van der Waals surface area contributed by atoms with Crippen molar-refractivity contribution in [2.75, 3.05) is 13.1 Å². The van der Waals surface area contributed by atoms with Crippen molar-refractivity contribution in [3.63, 3.8) is 0 Å². The molecule has 3 heterocycles. The Morgan fingerprint density at radius 2 is 1.94 bits per heavy atom. The van der Waals surface area contributed by atoms with Gasteiger partial charge in [0.25, 0.3) is 0 Å². The summed E-state index contributed by atoms with van der Waals surface area (Å²) in [7, 11) is -3.61. The van der Waals surface area contributed by atoms with Gasteiger partial charge in [0.1, 0.15) is 22.3 Å². The SMILES string of the molecule is O=C(OCc1csc(-c2ccc(F)cc2)n1)C1CCN(S(=O)(=O)c2cccnc2)CC1. The second-order valence-electron chi connectivity index (χ2n) is 7.13. The summed E-state index contributed by atoms with van der Waals surface area (Å²) < 4.78 is 45.2. The molecule has 0 bridgehead atoms. The van der Waals surface area contributed by atoms with E-state index in [1.807, 2.05) is 0 Å². The Morgan fingerprint density at radius 3 is 2.61 bits per heavy atom. The molecule has 0 aliphatic carbocycles. The Labute approximate surface area is 183 Å². The van der Waals surface area contributed by atoms with Crippen LogP contribution in [0.25, 0.3) is 10.6 Å². The number of sulfonamides is 1. The van der Waals surface area contributed by atoms with E-state index in [2.05, 4.69) is 9.97 Å². The lowest BCUT2D eigenvalue weighted by Gasteiger charge is -2.29. The summed E-state index contributed by atoms with van der Waals surface area (Å²) in [5.74, 6) is -1.01. The normalized spacial score (nSPS) is 15.6. The number of hydrogen-bond donors (Lipinski definition) is 0. The fourth-order valence-electron chi connectivity index (χ4n) is 3.34. The number of benzene rings is 1. The molecule has 10 heteroatoms. The predicted octanol–water partition coefficient (Wildman–Crippen LogP) is 3.49. The van der Waals surface area contributed by atoms with Crippen molar-refractivity contribution in [2.24, 2.45) is 5.92 Å². The summed E-state index contributed by atoms with van der Waals surface area (Å²) in [5, 5.41) is 2.52. The third-order valence-electron chi connectivity index (χ3n) is 5.06. The van der Waals surface area contributed by atoms with Gasteiger partial charge in [0.05, 0.1) is 11.6 Å². The van der Waals surface area contributed by atoms with Gasteiger partial charge in [-0.3, -0.25) is 9.78 Å². The van der Waals surface area contributed by atoms with E-state index in [0.717, 1.165) is 10.6 Å². The van der Waals surface area contributed by atoms with Crippen molar-refractivity contribution in [1.29, 1.82) is 0 Å². The number of carbonyl (C=O) groups excluding carboxylic acids is 1. The lowest BCUT2D eigenvalue weighted by Crippen LogP contribution is -2.40. The van der Waals surface area contributed by atoms with E-state index in [9.17, 15) is 17.6 Å². The highest BCUT2D eigenvalue weighted by molar-refractivity contribution is 7.89. The maximum atomic E-state index is 13.1. The van der Waals surface area contributed by atoms with Crippen LogP contribution in [0.4, 0.5) is 4.39 Å². The van der Waals surface area contributed by atoms with Gasteiger partial charge >= 0.3 is 5.97 Å². The Kier molecular flexibility index (Phi) is 6.40. The summed E-state index contributed by atoms with van der Waals surface area (Å²) in [6.07, 6.45) is 3.64. The van der Waals surface area contributed by atoms with E-state index in [1.165, 1.54) is 46.2 Å². The maximum Gasteiger partial charge on any atom is 0.309 e. The van der Waals surface area contributed by atoms with Crippen LogP contribution in [0.2, 0.25) is 0 Å².